The first-order chi connectivity index (χ1) is 26.7. The second-order valence-electron chi connectivity index (χ2n) is 13.7. The molecule has 0 atom stereocenters. The van der Waals surface area contributed by atoms with E-state index >= 15 is 0 Å². The Hall–Kier alpha value is -6.88. The molecule has 0 spiro atoms. The van der Waals surface area contributed by atoms with E-state index in [0.29, 0.717) is 0 Å². The summed E-state index contributed by atoms with van der Waals surface area (Å²) in [7, 11) is 0. The first kappa shape index (κ1) is 30.7. The number of hydrogen-bond acceptors (Lipinski definition) is 4. The average molecular weight is 707 g/mol. The van der Waals surface area contributed by atoms with Crippen LogP contribution in [-0.4, -0.2) is 9.97 Å². The van der Waals surface area contributed by atoms with Crippen LogP contribution in [0.4, 0.5) is 0 Å². The van der Waals surface area contributed by atoms with Gasteiger partial charge >= 0.3 is 0 Å². The van der Waals surface area contributed by atoms with Gasteiger partial charge in [-0.05, 0) is 64.2 Å². The molecule has 11 aromatic rings. The maximum atomic E-state index is 6.62. The van der Waals surface area contributed by atoms with Gasteiger partial charge in [0.05, 0.1) is 21.4 Å². The van der Waals surface area contributed by atoms with Crippen LogP contribution in [0.5, 0.6) is 0 Å². The SMILES string of the molecule is c1ccc(-c2nc3ccc(-c4ccc(-c5cccc(-c6c7c(cc8c(-c9ccccc9)nc9ccccc9c68)oc6ccccc67)c5)cc4)cc3s2)cc1. The molecule has 54 heavy (non-hydrogen) atoms. The lowest BCUT2D eigenvalue weighted by molar-refractivity contribution is 0.669. The van der Waals surface area contributed by atoms with E-state index < -0.39 is 0 Å². The molecule has 3 heterocycles. The lowest BCUT2D eigenvalue weighted by Gasteiger charge is -2.16. The predicted molar refractivity (Wildman–Crippen MR) is 227 cm³/mol. The van der Waals surface area contributed by atoms with E-state index in [1.165, 1.54) is 21.2 Å². The third kappa shape index (κ3) is 5.03. The number of thiazole rings is 1. The van der Waals surface area contributed by atoms with Gasteiger partial charge in [0.1, 0.15) is 16.2 Å². The van der Waals surface area contributed by atoms with Crippen molar-refractivity contribution in [3.63, 3.8) is 0 Å². The van der Waals surface area contributed by atoms with Crippen molar-refractivity contribution in [2.45, 2.75) is 0 Å². The van der Waals surface area contributed by atoms with E-state index in [-0.39, 0.29) is 0 Å². The van der Waals surface area contributed by atoms with E-state index in [2.05, 4.69) is 170 Å². The van der Waals surface area contributed by atoms with Gasteiger partial charge in [-0.15, -0.1) is 11.3 Å². The summed E-state index contributed by atoms with van der Waals surface area (Å²) in [4.78, 5) is 10.2. The first-order valence-corrected chi connectivity index (χ1v) is 19.0. The Morgan fingerprint density at radius 2 is 1.00 bits per heavy atom. The van der Waals surface area contributed by atoms with Crippen molar-refractivity contribution in [3.05, 3.63) is 182 Å². The van der Waals surface area contributed by atoms with Gasteiger partial charge < -0.3 is 4.42 Å². The van der Waals surface area contributed by atoms with Gasteiger partial charge in [0.15, 0.2) is 0 Å². The monoisotopic (exact) mass is 706 g/mol. The molecule has 0 N–H and O–H groups in total. The Morgan fingerprint density at radius 1 is 0.370 bits per heavy atom. The molecule has 252 valence electrons. The van der Waals surface area contributed by atoms with Crippen molar-refractivity contribution in [2.24, 2.45) is 0 Å². The van der Waals surface area contributed by atoms with Crippen molar-refractivity contribution in [2.75, 3.05) is 0 Å². The summed E-state index contributed by atoms with van der Waals surface area (Å²) >= 11 is 1.74. The van der Waals surface area contributed by atoms with Gasteiger partial charge in [-0.3, -0.25) is 0 Å². The Balaban J connectivity index is 1.07. The van der Waals surface area contributed by atoms with Gasteiger partial charge in [0.2, 0.25) is 0 Å². The predicted octanol–water partition coefficient (Wildman–Crippen LogP) is 14.2. The lowest BCUT2D eigenvalue weighted by atomic mass is 9.88. The van der Waals surface area contributed by atoms with Gasteiger partial charge in [0.25, 0.3) is 0 Å². The maximum absolute atomic E-state index is 6.62. The van der Waals surface area contributed by atoms with Crippen LogP contribution in [0.15, 0.2) is 186 Å². The van der Waals surface area contributed by atoms with Crippen molar-refractivity contribution < 1.29 is 4.42 Å². The number of fused-ring (bicyclic) bond motifs is 7. The van der Waals surface area contributed by atoms with Crippen LogP contribution in [0.2, 0.25) is 0 Å². The molecular formula is C50H30N2OS. The first-order valence-electron chi connectivity index (χ1n) is 18.1. The molecule has 8 aromatic carbocycles. The molecule has 3 nitrogen and oxygen atoms in total. The number of para-hydroxylation sites is 2. The van der Waals surface area contributed by atoms with Crippen molar-refractivity contribution in [1.29, 1.82) is 0 Å². The molecule has 0 fully saturated rings. The van der Waals surface area contributed by atoms with E-state index in [1.54, 1.807) is 11.3 Å². The second-order valence-corrected chi connectivity index (χ2v) is 14.7. The summed E-state index contributed by atoms with van der Waals surface area (Å²) in [5.74, 6) is 0. The van der Waals surface area contributed by atoms with Gasteiger partial charge in [-0.1, -0.05) is 146 Å². The number of rotatable bonds is 5. The zero-order chi connectivity index (χ0) is 35.6. The minimum Gasteiger partial charge on any atom is -0.456 e. The fourth-order valence-corrected chi connectivity index (χ4v) is 8.95. The van der Waals surface area contributed by atoms with Crippen molar-refractivity contribution in [3.8, 4) is 55.2 Å². The van der Waals surface area contributed by atoms with Crippen LogP contribution in [0.3, 0.4) is 0 Å². The number of aromatic nitrogens is 2. The molecule has 0 amide bonds. The Bertz CT molecular complexity index is 3200. The van der Waals surface area contributed by atoms with E-state index in [4.69, 9.17) is 14.4 Å². The maximum Gasteiger partial charge on any atom is 0.136 e. The highest BCUT2D eigenvalue weighted by molar-refractivity contribution is 7.21. The Kier molecular flexibility index (Phi) is 7.04. The van der Waals surface area contributed by atoms with Crippen LogP contribution in [0.1, 0.15) is 0 Å². The molecular weight excluding hydrogens is 677 g/mol. The fraction of sp³-hybridized carbons (Fsp3) is 0. The second kappa shape index (κ2) is 12.4. The highest BCUT2D eigenvalue weighted by atomic mass is 32.1. The zero-order valence-corrected chi connectivity index (χ0v) is 29.8. The fourth-order valence-electron chi connectivity index (χ4n) is 7.94. The molecule has 11 rings (SSSR count). The summed E-state index contributed by atoms with van der Waals surface area (Å²) in [6.07, 6.45) is 0. The Morgan fingerprint density at radius 3 is 1.80 bits per heavy atom. The van der Waals surface area contributed by atoms with Gasteiger partial charge in [-0.2, -0.15) is 0 Å². The van der Waals surface area contributed by atoms with Gasteiger partial charge in [-0.25, -0.2) is 9.97 Å². The lowest BCUT2D eigenvalue weighted by Crippen LogP contribution is -1.93. The van der Waals surface area contributed by atoms with Crippen molar-refractivity contribution >= 4 is 65.2 Å². The molecule has 0 aliphatic rings. The zero-order valence-electron chi connectivity index (χ0n) is 29.0. The van der Waals surface area contributed by atoms with Crippen LogP contribution >= 0.6 is 11.3 Å². The number of benzene rings is 8. The minimum absolute atomic E-state index is 0.858. The summed E-state index contributed by atoms with van der Waals surface area (Å²) in [5.41, 5.74) is 13.9. The standard InChI is InChI=1S/C50H30N2OS/c1-3-12-33(13-4-1)49-40-30-44-48(39-19-8-10-21-43(39)53-44)46(47(40)38-18-7-9-20-41(38)51-49)37-17-11-16-35(28-37)31-22-24-32(25-23-31)36-26-27-42-45(29-36)54-50(52-42)34-14-5-2-6-15-34/h1-30H. The van der Waals surface area contributed by atoms with Crippen LogP contribution in [0.25, 0.3) is 109 Å². The summed E-state index contributed by atoms with van der Waals surface area (Å²) in [5, 5.41) is 6.65. The van der Waals surface area contributed by atoms with Crippen LogP contribution in [-0.2, 0) is 0 Å². The quantitative estimate of drug-likeness (QED) is 0.167. The number of furan rings is 1. The summed E-state index contributed by atoms with van der Waals surface area (Å²) < 4.78 is 7.80. The number of nitrogens with zero attached hydrogens (tertiary/aromatic N) is 2. The average Bonchev–Trinajstić information content (AvgIpc) is 3.85. The van der Waals surface area contributed by atoms with E-state index in [0.717, 1.165) is 87.8 Å². The topological polar surface area (TPSA) is 38.9 Å². The normalized spacial score (nSPS) is 11.7. The molecule has 4 heteroatoms. The summed E-state index contributed by atoms with van der Waals surface area (Å²) in [6, 6.07) is 64.4. The smallest absolute Gasteiger partial charge is 0.136 e. The molecule has 0 bridgehead atoms. The third-order valence-corrected chi connectivity index (χ3v) is 11.6. The largest absolute Gasteiger partial charge is 0.456 e. The third-order valence-electron chi connectivity index (χ3n) is 10.5. The van der Waals surface area contributed by atoms with Crippen LogP contribution < -0.4 is 0 Å². The van der Waals surface area contributed by atoms with E-state index in [9.17, 15) is 0 Å². The molecule has 0 aliphatic carbocycles. The molecule has 3 aromatic heterocycles. The number of pyridine rings is 1. The highest BCUT2D eigenvalue weighted by Crippen LogP contribution is 2.47. The molecule has 0 unspecified atom stereocenters. The van der Waals surface area contributed by atoms with Gasteiger partial charge in [0, 0.05) is 43.6 Å². The number of hydrogen-bond donors (Lipinski definition) is 0. The molecule has 0 saturated carbocycles. The minimum atomic E-state index is 0.858. The molecule has 0 radical (unpaired) electrons. The van der Waals surface area contributed by atoms with Crippen molar-refractivity contribution in [1.82, 2.24) is 9.97 Å². The summed E-state index contributed by atoms with van der Waals surface area (Å²) in [6.45, 7) is 0. The Labute approximate surface area is 315 Å². The highest BCUT2D eigenvalue weighted by Gasteiger charge is 2.22. The molecule has 0 saturated heterocycles. The van der Waals surface area contributed by atoms with E-state index in [1.807, 2.05) is 12.1 Å². The van der Waals surface area contributed by atoms with Crippen LogP contribution in [0, 0.1) is 0 Å². The molecule has 0 aliphatic heterocycles.